The molecule has 0 unspecified atom stereocenters. The zero-order chi connectivity index (χ0) is 13.0. The summed E-state index contributed by atoms with van der Waals surface area (Å²) >= 11 is 0. The van der Waals surface area contributed by atoms with Crippen molar-refractivity contribution in [2.24, 2.45) is 0 Å². The van der Waals surface area contributed by atoms with Gasteiger partial charge in [0.15, 0.2) is 6.10 Å². The van der Waals surface area contributed by atoms with Crippen LogP contribution in [-0.2, 0) is 9.47 Å². The van der Waals surface area contributed by atoms with Gasteiger partial charge in [0, 0.05) is 0 Å². The second-order valence-electron chi connectivity index (χ2n) is 3.95. The van der Waals surface area contributed by atoms with Gasteiger partial charge in [-0.15, -0.1) is 0 Å². The largest absolute Gasteiger partial charge is 0.492 e. The average molecular weight is 250 g/mol. The molecular formula is C13H14O5. The zero-order valence-electron chi connectivity index (χ0n) is 9.60. The summed E-state index contributed by atoms with van der Waals surface area (Å²) in [5.74, 6) is -0.490. The van der Waals surface area contributed by atoms with Crippen LogP contribution in [0.4, 0.5) is 0 Å². The molecule has 1 aliphatic heterocycles. The normalized spacial score (nSPS) is 26.4. The maximum Gasteiger partial charge on any atom is 0.338 e. The van der Waals surface area contributed by atoms with Crippen LogP contribution in [0.15, 0.2) is 42.7 Å². The van der Waals surface area contributed by atoms with Crippen molar-refractivity contribution in [3.05, 3.63) is 48.2 Å². The second kappa shape index (κ2) is 5.66. The molecule has 1 aromatic carbocycles. The number of aliphatic hydroxyl groups excluding tert-OH is 2. The summed E-state index contributed by atoms with van der Waals surface area (Å²) in [6.45, 7) is -0.115. The molecule has 5 nitrogen and oxygen atoms in total. The summed E-state index contributed by atoms with van der Waals surface area (Å²) in [6.07, 6.45) is -0.228. The number of rotatable bonds is 3. The molecule has 0 spiro atoms. The molecule has 2 rings (SSSR count). The standard InChI is InChI=1S/C13H14O5/c14-10-6-7-17-11(12(10)15)8-18-13(16)9-4-2-1-3-5-9/h1-7,10-12,14-15H,8H2/t10-,11-,12+/m1/s1. The molecule has 0 aromatic heterocycles. The first-order valence-corrected chi connectivity index (χ1v) is 5.59. The van der Waals surface area contributed by atoms with Crippen molar-refractivity contribution >= 4 is 5.97 Å². The van der Waals surface area contributed by atoms with Crippen LogP contribution in [0.5, 0.6) is 0 Å². The fraction of sp³-hybridized carbons (Fsp3) is 0.308. The minimum Gasteiger partial charge on any atom is -0.492 e. The van der Waals surface area contributed by atoms with E-state index >= 15 is 0 Å². The Morgan fingerprint density at radius 2 is 2.00 bits per heavy atom. The van der Waals surface area contributed by atoms with E-state index in [-0.39, 0.29) is 6.61 Å². The Bertz CT molecular complexity index is 428. The molecule has 3 atom stereocenters. The molecule has 0 radical (unpaired) electrons. The third-order valence-corrected chi connectivity index (χ3v) is 2.65. The molecule has 2 N–H and O–H groups in total. The third-order valence-electron chi connectivity index (χ3n) is 2.65. The zero-order valence-corrected chi connectivity index (χ0v) is 9.60. The van der Waals surface area contributed by atoms with Gasteiger partial charge in [0.05, 0.1) is 11.8 Å². The van der Waals surface area contributed by atoms with Crippen LogP contribution in [0.1, 0.15) is 10.4 Å². The average Bonchev–Trinajstić information content (AvgIpc) is 2.41. The maximum absolute atomic E-state index is 11.6. The fourth-order valence-electron chi connectivity index (χ4n) is 1.59. The van der Waals surface area contributed by atoms with E-state index in [4.69, 9.17) is 9.47 Å². The van der Waals surface area contributed by atoms with Gasteiger partial charge in [-0.2, -0.15) is 0 Å². The Morgan fingerprint density at radius 3 is 2.72 bits per heavy atom. The number of benzene rings is 1. The number of ether oxygens (including phenoxy) is 2. The van der Waals surface area contributed by atoms with Crippen LogP contribution in [0.2, 0.25) is 0 Å². The number of esters is 1. The number of carbonyl (C=O) groups excluding carboxylic acids is 1. The molecule has 1 aliphatic rings. The van der Waals surface area contributed by atoms with Gasteiger partial charge in [-0.3, -0.25) is 0 Å². The molecule has 18 heavy (non-hydrogen) atoms. The number of carbonyl (C=O) groups is 1. The molecule has 0 saturated carbocycles. The van der Waals surface area contributed by atoms with E-state index < -0.39 is 24.3 Å². The Morgan fingerprint density at radius 1 is 1.28 bits per heavy atom. The van der Waals surface area contributed by atoms with Crippen LogP contribution in [0.25, 0.3) is 0 Å². The lowest BCUT2D eigenvalue weighted by Crippen LogP contribution is -2.43. The minimum absolute atomic E-state index is 0.115. The summed E-state index contributed by atoms with van der Waals surface area (Å²) in [4.78, 5) is 11.6. The molecule has 0 saturated heterocycles. The van der Waals surface area contributed by atoms with Crippen LogP contribution in [0, 0.1) is 0 Å². The molecule has 0 bridgehead atoms. The molecule has 1 aromatic rings. The van der Waals surface area contributed by atoms with E-state index in [1.54, 1.807) is 30.3 Å². The van der Waals surface area contributed by atoms with Gasteiger partial charge in [-0.25, -0.2) is 4.79 Å². The topological polar surface area (TPSA) is 76.0 Å². The first-order chi connectivity index (χ1) is 8.68. The predicted octanol–water partition coefficient (Wildman–Crippen LogP) is 0.478. The van der Waals surface area contributed by atoms with Crippen molar-refractivity contribution in [2.45, 2.75) is 18.3 Å². The molecule has 0 aliphatic carbocycles. The van der Waals surface area contributed by atoms with E-state index in [1.165, 1.54) is 12.3 Å². The van der Waals surface area contributed by atoms with Crippen molar-refractivity contribution in [3.8, 4) is 0 Å². The summed E-state index contributed by atoms with van der Waals surface area (Å²) in [7, 11) is 0. The van der Waals surface area contributed by atoms with Crippen LogP contribution < -0.4 is 0 Å². The highest BCUT2D eigenvalue weighted by Gasteiger charge is 2.30. The van der Waals surface area contributed by atoms with Crippen molar-refractivity contribution in [2.75, 3.05) is 6.61 Å². The first kappa shape index (κ1) is 12.6. The highest BCUT2D eigenvalue weighted by atomic mass is 16.6. The fourth-order valence-corrected chi connectivity index (χ4v) is 1.59. The molecular weight excluding hydrogens is 236 g/mol. The van der Waals surface area contributed by atoms with Crippen molar-refractivity contribution in [3.63, 3.8) is 0 Å². The highest BCUT2D eigenvalue weighted by molar-refractivity contribution is 5.89. The molecule has 0 amide bonds. The van der Waals surface area contributed by atoms with Crippen molar-refractivity contribution < 1.29 is 24.5 Å². The lowest BCUT2D eigenvalue weighted by Gasteiger charge is -2.27. The van der Waals surface area contributed by atoms with Gasteiger partial charge in [0.1, 0.15) is 18.8 Å². The van der Waals surface area contributed by atoms with E-state index in [2.05, 4.69) is 0 Å². The lowest BCUT2D eigenvalue weighted by atomic mass is 10.1. The quantitative estimate of drug-likeness (QED) is 0.763. The number of aliphatic hydroxyl groups is 2. The monoisotopic (exact) mass is 250 g/mol. The summed E-state index contributed by atoms with van der Waals surface area (Å²) in [6, 6.07) is 8.53. The summed E-state index contributed by atoms with van der Waals surface area (Å²) < 4.78 is 10.1. The summed E-state index contributed by atoms with van der Waals surface area (Å²) in [5, 5.41) is 19.0. The SMILES string of the molecule is O=C(OC[C@H]1OC=C[C@@H](O)[C@@H]1O)c1ccccc1. The van der Waals surface area contributed by atoms with E-state index in [0.717, 1.165) is 0 Å². The molecule has 5 heteroatoms. The Hall–Kier alpha value is -1.85. The van der Waals surface area contributed by atoms with Gasteiger partial charge in [-0.05, 0) is 18.2 Å². The second-order valence-corrected chi connectivity index (χ2v) is 3.95. The smallest absolute Gasteiger partial charge is 0.338 e. The van der Waals surface area contributed by atoms with Gasteiger partial charge >= 0.3 is 5.97 Å². The predicted molar refractivity (Wildman–Crippen MR) is 62.8 cm³/mol. The van der Waals surface area contributed by atoms with E-state index in [9.17, 15) is 15.0 Å². The van der Waals surface area contributed by atoms with E-state index in [1.807, 2.05) is 0 Å². The van der Waals surface area contributed by atoms with Gasteiger partial charge in [0.25, 0.3) is 0 Å². The van der Waals surface area contributed by atoms with Crippen molar-refractivity contribution in [1.29, 1.82) is 0 Å². The third kappa shape index (κ3) is 2.88. The molecule has 1 heterocycles. The van der Waals surface area contributed by atoms with Gasteiger partial charge in [0.2, 0.25) is 0 Å². The Balaban J connectivity index is 1.89. The van der Waals surface area contributed by atoms with E-state index in [0.29, 0.717) is 5.56 Å². The Labute approximate surface area is 104 Å². The van der Waals surface area contributed by atoms with Crippen LogP contribution >= 0.6 is 0 Å². The maximum atomic E-state index is 11.6. The minimum atomic E-state index is -1.10. The van der Waals surface area contributed by atoms with Gasteiger partial charge in [-0.1, -0.05) is 18.2 Å². The molecule has 96 valence electrons. The number of hydrogen-bond acceptors (Lipinski definition) is 5. The molecule has 0 fully saturated rings. The van der Waals surface area contributed by atoms with Crippen LogP contribution in [0.3, 0.4) is 0 Å². The highest BCUT2D eigenvalue weighted by Crippen LogP contribution is 2.13. The Kier molecular flexibility index (Phi) is 3.96. The van der Waals surface area contributed by atoms with Crippen molar-refractivity contribution in [1.82, 2.24) is 0 Å². The number of hydrogen-bond donors (Lipinski definition) is 2. The first-order valence-electron chi connectivity index (χ1n) is 5.59. The summed E-state index contributed by atoms with van der Waals surface area (Å²) in [5.41, 5.74) is 0.430. The van der Waals surface area contributed by atoms with Crippen LogP contribution in [-0.4, -0.2) is 41.1 Å². The van der Waals surface area contributed by atoms with Gasteiger partial charge < -0.3 is 19.7 Å². The lowest BCUT2D eigenvalue weighted by molar-refractivity contribution is -0.0844.